The second-order valence-electron chi connectivity index (χ2n) is 5.35. The number of hydrogen-bond acceptors (Lipinski definition) is 1. The highest BCUT2D eigenvalue weighted by atomic mass is 32.2. The van der Waals surface area contributed by atoms with E-state index in [-0.39, 0.29) is 0 Å². The smallest absolute Gasteiger partial charge is 0.0127 e. The van der Waals surface area contributed by atoms with Crippen molar-refractivity contribution >= 4 is 11.8 Å². The Labute approximate surface area is 81.5 Å². The molecule has 1 fully saturated rings. The van der Waals surface area contributed by atoms with Gasteiger partial charge in [0.05, 0.1) is 0 Å². The van der Waals surface area contributed by atoms with Crippen molar-refractivity contribution in [1.29, 1.82) is 0 Å². The largest absolute Gasteiger partial charge is 0.158 e. The van der Waals surface area contributed by atoms with Crippen molar-refractivity contribution in [3.8, 4) is 0 Å². The van der Waals surface area contributed by atoms with Gasteiger partial charge in [-0.15, -0.1) is 0 Å². The maximum Gasteiger partial charge on any atom is 0.0127 e. The van der Waals surface area contributed by atoms with Gasteiger partial charge in [-0.05, 0) is 29.4 Å². The quantitative estimate of drug-likeness (QED) is 0.600. The lowest BCUT2D eigenvalue weighted by atomic mass is 9.78. The monoisotopic (exact) mass is 186 g/mol. The van der Waals surface area contributed by atoms with Crippen LogP contribution in [-0.2, 0) is 0 Å². The van der Waals surface area contributed by atoms with Crippen molar-refractivity contribution in [3.05, 3.63) is 0 Å². The summed E-state index contributed by atoms with van der Waals surface area (Å²) in [6.07, 6.45) is 1.43. The topological polar surface area (TPSA) is 0 Å². The molecule has 0 N–H and O–H groups in total. The molecule has 0 aliphatic carbocycles. The van der Waals surface area contributed by atoms with Gasteiger partial charge in [0.1, 0.15) is 0 Å². The summed E-state index contributed by atoms with van der Waals surface area (Å²) < 4.78 is 0. The molecule has 1 heterocycles. The molecule has 0 spiro atoms. The van der Waals surface area contributed by atoms with Crippen molar-refractivity contribution in [3.63, 3.8) is 0 Å². The molecule has 1 aliphatic heterocycles. The second kappa shape index (κ2) is 3.61. The van der Waals surface area contributed by atoms with Gasteiger partial charge in [0.15, 0.2) is 0 Å². The van der Waals surface area contributed by atoms with E-state index in [2.05, 4.69) is 46.4 Å². The van der Waals surface area contributed by atoms with Crippen LogP contribution in [0.1, 0.15) is 41.0 Å². The van der Waals surface area contributed by atoms with Gasteiger partial charge in [0.25, 0.3) is 0 Å². The first-order valence-corrected chi connectivity index (χ1v) is 6.09. The average molecular weight is 186 g/mol. The average Bonchev–Trinajstić information content (AvgIpc) is 2.30. The first kappa shape index (κ1) is 10.4. The second-order valence-corrected chi connectivity index (χ2v) is 6.60. The molecule has 1 aliphatic rings. The van der Waals surface area contributed by atoms with E-state index in [0.717, 1.165) is 17.1 Å². The lowest BCUT2D eigenvalue weighted by Crippen LogP contribution is -2.30. The minimum Gasteiger partial charge on any atom is -0.158 e. The first-order valence-electron chi connectivity index (χ1n) is 5.04. The van der Waals surface area contributed by atoms with Gasteiger partial charge in [0, 0.05) is 5.25 Å². The lowest BCUT2D eigenvalue weighted by Gasteiger charge is -2.33. The van der Waals surface area contributed by atoms with Gasteiger partial charge in [-0.2, -0.15) is 11.8 Å². The van der Waals surface area contributed by atoms with Crippen LogP contribution in [0.25, 0.3) is 0 Å². The standard InChI is InChI=1S/C11H22S/c1-8(2)9-6-7-12-10(9)11(3,4)5/h8-10H,6-7H2,1-5H3. The van der Waals surface area contributed by atoms with Crippen molar-refractivity contribution in [2.75, 3.05) is 5.75 Å². The Balaban J connectivity index is 2.64. The summed E-state index contributed by atoms with van der Waals surface area (Å²) >= 11 is 2.19. The molecule has 0 aromatic heterocycles. The molecular weight excluding hydrogens is 164 g/mol. The maximum absolute atomic E-state index is 2.38. The van der Waals surface area contributed by atoms with Crippen LogP contribution >= 0.6 is 11.8 Å². The number of rotatable bonds is 1. The van der Waals surface area contributed by atoms with Gasteiger partial charge in [-0.25, -0.2) is 0 Å². The Hall–Kier alpha value is 0.350. The van der Waals surface area contributed by atoms with Crippen molar-refractivity contribution < 1.29 is 0 Å². The summed E-state index contributed by atoms with van der Waals surface area (Å²) in [5.41, 5.74) is 0.496. The van der Waals surface area contributed by atoms with E-state index in [0.29, 0.717) is 5.41 Å². The van der Waals surface area contributed by atoms with Crippen LogP contribution < -0.4 is 0 Å². The van der Waals surface area contributed by atoms with E-state index in [1.807, 2.05) is 0 Å². The maximum atomic E-state index is 2.38. The minimum atomic E-state index is 0.496. The highest BCUT2D eigenvalue weighted by molar-refractivity contribution is 8.00. The van der Waals surface area contributed by atoms with Gasteiger partial charge >= 0.3 is 0 Å². The van der Waals surface area contributed by atoms with Crippen molar-refractivity contribution in [2.45, 2.75) is 46.3 Å². The summed E-state index contributed by atoms with van der Waals surface area (Å²) in [4.78, 5) is 0. The zero-order chi connectivity index (χ0) is 9.35. The number of hydrogen-bond donors (Lipinski definition) is 0. The molecule has 0 radical (unpaired) electrons. The fourth-order valence-corrected chi connectivity index (χ4v) is 4.04. The Morgan fingerprint density at radius 2 is 1.83 bits per heavy atom. The molecular formula is C11H22S. The molecule has 0 aromatic rings. The van der Waals surface area contributed by atoms with Gasteiger partial charge in [-0.1, -0.05) is 34.6 Å². The van der Waals surface area contributed by atoms with Crippen molar-refractivity contribution in [1.82, 2.24) is 0 Å². The van der Waals surface area contributed by atoms with Gasteiger partial charge in [0.2, 0.25) is 0 Å². The molecule has 0 nitrogen and oxygen atoms in total. The highest BCUT2D eigenvalue weighted by Gasteiger charge is 2.37. The summed E-state index contributed by atoms with van der Waals surface area (Å²) in [7, 11) is 0. The van der Waals surface area contributed by atoms with E-state index in [4.69, 9.17) is 0 Å². The van der Waals surface area contributed by atoms with Crippen LogP contribution in [0.2, 0.25) is 0 Å². The molecule has 1 rings (SSSR count). The molecule has 72 valence electrons. The molecule has 0 bridgehead atoms. The van der Waals surface area contributed by atoms with E-state index >= 15 is 0 Å². The normalized spacial score (nSPS) is 31.5. The molecule has 12 heavy (non-hydrogen) atoms. The van der Waals surface area contributed by atoms with Crippen LogP contribution in [0, 0.1) is 17.3 Å². The minimum absolute atomic E-state index is 0.496. The van der Waals surface area contributed by atoms with Gasteiger partial charge in [-0.3, -0.25) is 0 Å². The summed E-state index contributed by atoms with van der Waals surface area (Å²) in [5, 5.41) is 0.887. The lowest BCUT2D eigenvalue weighted by molar-refractivity contribution is 0.264. The zero-order valence-corrected chi connectivity index (χ0v) is 9.87. The Morgan fingerprint density at radius 1 is 1.25 bits per heavy atom. The SMILES string of the molecule is CC(C)C1CCSC1C(C)(C)C. The summed E-state index contributed by atoms with van der Waals surface area (Å²) in [6, 6.07) is 0. The van der Waals surface area contributed by atoms with E-state index in [1.165, 1.54) is 12.2 Å². The fraction of sp³-hybridized carbons (Fsp3) is 1.00. The Kier molecular flexibility index (Phi) is 3.14. The van der Waals surface area contributed by atoms with Crippen LogP contribution in [0.5, 0.6) is 0 Å². The van der Waals surface area contributed by atoms with Crippen LogP contribution in [0.15, 0.2) is 0 Å². The summed E-state index contributed by atoms with van der Waals surface area (Å²) in [6.45, 7) is 11.9. The van der Waals surface area contributed by atoms with E-state index in [9.17, 15) is 0 Å². The van der Waals surface area contributed by atoms with Crippen LogP contribution in [-0.4, -0.2) is 11.0 Å². The third-order valence-corrected chi connectivity index (χ3v) is 4.73. The van der Waals surface area contributed by atoms with Crippen LogP contribution in [0.3, 0.4) is 0 Å². The molecule has 1 saturated heterocycles. The Bertz CT molecular complexity index is 144. The van der Waals surface area contributed by atoms with E-state index < -0.39 is 0 Å². The van der Waals surface area contributed by atoms with Crippen molar-refractivity contribution in [2.24, 2.45) is 17.3 Å². The number of thioether (sulfide) groups is 1. The molecule has 0 amide bonds. The van der Waals surface area contributed by atoms with Gasteiger partial charge < -0.3 is 0 Å². The molecule has 1 heteroatoms. The fourth-order valence-electron chi connectivity index (χ4n) is 2.18. The van der Waals surface area contributed by atoms with Crippen LogP contribution in [0.4, 0.5) is 0 Å². The third-order valence-electron chi connectivity index (χ3n) is 2.85. The van der Waals surface area contributed by atoms with E-state index in [1.54, 1.807) is 0 Å². The highest BCUT2D eigenvalue weighted by Crippen LogP contribution is 2.45. The third kappa shape index (κ3) is 2.18. The Morgan fingerprint density at radius 3 is 2.17 bits per heavy atom. The molecule has 0 aromatic carbocycles. The zero-order valence-electron chi connectivity index (χ0n) is 9.05. The predicted molar refractivity (Wildman–Crippen MR) is 58.6 cm³/mol. The first-order chi connectivity index (χ1) is 5.43. The molecule has 2 unspecified atom stereocenters. The molecule has 0 saturated carbocycles. The predicted octanol–water partition coefficient (Wildman–Crippen LogP) is 3.81. The summed E-state index contributed by atoms with van der Waals surface area (Å²) in [5.74, 6) is 3.20. The molecule has 2 atom stereocenters.